The van der Waals surface area contributed by atoms with Crippen molar-refractivity contribution in [2.45, 2.75) is 39.2 Å². The minimum atomic E-state index is 0.520. The Bertz CT molecular complexity index is 604. The summed E-state index contributed by atoms with van der Waals surface area (Å²) in [4.78, 5) is 3.32. The number of aryl methyl sites for hydroxylation is 1. The molecule has 0 spiro atoms. The molecule has 0 saturated heterocycles. The molecule has 3 rings (SSSR count). The SMILES string of the molecule is Cc1ccc2[nH]c(=S)n(C(C)C3CCC3)c2c1. The zero-order valence-electron chi connectivity index (χ0n) is 10.4. The first-order chi connectivity index (χ1) is 8.16. The monoisotopic (exact) mass is 246 g/mol. The first-order valence-electron chi connectivity index (χ1n) is 6.37. The van der Waals surface area contributed by atoms with Crippen molar-refractivity contribution in [3.05, 3.63) is 28.5 Å². The van der Waals surface area contributed by atoms with Gasteiger partial charge < -0.3 is 9.55 Å². The maximum absolute atomic E-state index is 5.47. The predicted octanol–water partition coefficient (Wildman–Crippen LogP) is 4.37. The third kappa shape index (κ3) is 1.73. The van der Waals surface area contributed by atoms with Crippen LogP contribution in [0.1, 0.15) is 37.8 Å². The van der Waals surface area contributed by atoms with Gasteiger partial charge in [0.1, 0.15) is 0 Å². The van der Waals surface area contributed by atoms with Crippen LogP contribution in [0.25, 0.3) is 11.0 Å². The molecule has 1 aliphatic carbocycles. The van der Waals surface area contributed by atoms with Crippen LogP contribution in [0.3, 0.4) is 0 Å². The molecule has 1 aliphatic rings. The number of aromatic nitrogens is 2. The Morgan fingerprint density at radius 2 is 2.18 bits per heavy atom. The minimum absolute atomic E-state index is 0.520. The summed E-state index contributed by atoms with van der Waals surface area (Å²) in [5.74, 6) is 0.807. The lowest BCUT2D eigenvalue weighted by molar-refractivity contribution is 0.224. The summed E-state index contributed by atoms with van der Waals surface area (Å²) in [6.07, 6.45) is 4.08. The average Bonchev–Trinajstić information content (AvgIpc) is 2.50. The molecule has 1 fully saturated rings. The van der Waals surface area contributed by atoms with Crippen molar-refractivity contribution in [2.24, 2.45) is 5.92 Å². The third-order valence-electron chi connectivity index (χ3n) is 4.11. The van der Waals surface area contributed by atoms with Crippen molar-refractivity contribution in [1.29, 1.82) is 0 Å². The Labute approximate surface area is 107 Å². The number of benzene rings is 1. The van der Waals surface area contributed by atoms with Crippen molar-refractivity contribution in [1.82, 2.24) is 9.55 Å². The van der Waals surface area contributed by atoms with Crippen LogP contribution in [-0.4, -0.2) is 9.55 Å². The Hall–Kier alpha value is -1.09. The number of nitrogens with zero attached hydrogens (tertiary/aromatic N) is 1. The van der Waals surface area contributed by atoms with Gasteiger partial charge >= 0.3 is 0 Å². The van der Waals surface area contributed by atoms with Crippen molar-refractivity contribution < 1.29 is 0 Å². The van der Waals surface area contributed by atoms with Gasteiger partial charge in [-0.15, -0.1) is 0 Å². The largest absolute Gasteiger partial charge is 0.331 e. The second-order valence-electron chi connectivity index (χ2n) is 5.25. The number of imidazole rings is 1. The minimum Gasteiger partial charge on any atom is -0.331 e. The second kappa shape index (κ2) is 3.98. The second-order valence-corrected chi connectivity index (χ2v) is 5.64. The summed E-state index contributed by atoms with van der Waals surface area (Å²) in [5, 5.41) is 0. The number of nitrogens with one attached hydrogen (secondary N) is 1. The van der Waals surface area contributed by atoms with E-state index in [1.165, 1.54) is 30.3 Å². The number of rotatable bonds is 2. The maximum Gasteiger partial charge on any atom is 0.178 e. The van der Waals surface area contributed by atoms with Crippen LogP contribution < -0.4 is 0 Å². The highest BCUT2D eigenvalue weighted by Crippen LogP contribution is 2.37. The third-order valence-corrected chi connectivity index (χ3v) is 4.41. The molecule has 0 radical (unpaired) electrons. The molecule has 1 unspecified atom stereocenters. The molecular formula is C14H18N2S. The van der Waals surface area contributed by atoms with E-state index < -0.39 is 0 Å². The van der Waals surface area contributed by atoms with Gasteiger partial charge in [0.05, 0.1) is 11.0 Å². The molecule has 0 bridgehead atoms. The summed E-state index contributed by atoms with van der Waals surface area (Å²) in [5.41, 5.74) is 3.71. The van der Waals surface area contributed by atoms with Crippen LogP contribution in [0.5, 0.6) is 0 Å². The molecule has 90 valence electrons. The molecule has 17 heavy (non-hydrogen) atoms. The first kappa shape index (κ1) is 11.0. The maximum atomic E-state index is 5.47. The van der Waals surface area contributed by atoms with Gasteiger partial charge in [0.15, 0.2) is 4.77 Å². The highest BCUT2D eigenvalue weighted by Gasteiger charge is 2.26. The number of hydrogen-bond acceptors (Lipinski definition) is 1. The van der Waals surface area contributed by atoms with E-state index in [0.717, 1.165) is 16.2 Å². The van der Waals surface area contributed by atoms with Crippen LogP contribution in [-0.2, 0) is 0 Å². The average molecular weight is 246 g/mol. The van der Waals surface area contributed by atoms with Crippen LogP contribution >= 0.6 is 12.2 Å². The Balaban J connectivity index is 2.16. The lowest BCUT2D eigenvalue weighted by Gasteiger charge is -2.32. The molecule has 1 heterocycles. The highest BCUT2D eigenvalue weighted by atomic mass is 32.1. The predicted molar refractivity (Wildman–Crippen MR) is 73.9 cm³/mol. The summed E-state index contributed by atoms with van der Waals surface area (Å²) in [6, 6.07) is 7.01. The van der Waals surface area contributed by atoms with Crippen LogP contribution in [0.4, 0.5) is 0 Å². The topological polar surface area (TPSA) is 20.7 Å². The van der Waals surface area contributed by atoms with Crippen molar-refractivity contribution >= 4 is 23.3 Å². The van der Waals surface area contributed by atoms with Gasteiger partial charge in [0, 0.05) is 6.04 Å². The Kier molecular flexibility index (Phi) is 2.58. The number of hydrogen-bond donors (Lipinski definition) is 1. The van der Waals surface area contributed by atoms with Gasteiger partial charge in [0.2, 0.25) is 0 Å². The van der Waals surface area contributed by atoms with Crippen LogP contribution in [0.2, 0.25) is 0 Å². The zero-order chi connectivity index (χ0) is 12.0. The standard InChI is InChI=1S/C14H18N2S/c1-9-6-7-12-13(8-9)16(14(17)15-12)10(2)11-4-3-5-11/h6-8,10-11H,3-5H2,1-2H3,(H,15,17). The smallest absolute Gasteiger partial charge is 0.178 e. The van der Waals surface area contributed by atoms with Gasteiger partial charge in [-0.05, 0) is 62.5 Å². The Morgan fingerprint density at radius 3 is 2.82 bits per heavy atom. The molecule has 3 heteroatoms. The number of fused-ring (bicyclic) bond motifs is 1. The lowest BCUT2D eigenvalue weighted by Crippen LogP contribution is -2.22. The summed E-state index contributed by atoms with van der Waals surface area (Å²) in [7, 11) is 0. The quantitative estimate of drug-likeness (QED) is 0.780. The van der Waals surface area contributed by atoms with Crippen LogP contribution in [0.15, 0.2) is 18.2 Å². The number of H-pyrrole nitrogens is 1. The molecule has 1 saturated carbocycles. The van der Waals surface area contributed by atoms with Gasteiger partial charge in [-0.1, -0.05) is 12.5 Å². The van der Waals surface area contributed by atoms with E-state index in [9.17, 15) is 0 Å². The molecule has 0 amide bonds. The molecule has 2 aromatic rings. The van der Waals surface area contributed by atoms with E-state index in [-0.39, 0.29) is 0 Å². The molecule has 1 aromatic carbocycles. The Morgan fingerprint density at radius 1 is 1.41 bits per heavy atom. The van der Waals surface area contributed by atoms with Crippen molar-refractivity contribution in [3.8, 4) is 0 Å². The van der Waals surface area contributed by atoms with E-state index in [4.69, 9.17) is 12.2 Å². The molecule has 1 aromatic heterocycles. The van der Waals surface area contributed by atoms with Gasteiger partial charge in [-0.25, -0.2) is 0 Å². The van der Waals surface area contributed by atoms with E-state index >= 15 is 0 Å². The fourth-order valence-corrected chi connectivity index (χ4v) is 3.14. The highest BCUT2D eigenvalue weighted by molar-refractivity contribution is 7.71. The molecule has 2 nitrogen and oxygen atoms in total. The summed E-state index contributed by atoms with van der Waals surface area (Å²) in [6.45, 7) is 4.43. The van der Waals surface area contributed by atoms with Gasteiger partial charge in [-0.3, -0.25) is 0 Å². The van der Waals surface area contributed by atoms with Gasteiger partial charge in [0.25, 0.3) is 0 Å². The fraction of sp³-hybridized carbons (Fsp3) is 0.500. The van der Waals surface area contributed by atoms with Crippen molar-refractivity contribution in [2.75, 3.05) is 0 Å². The molecule has 1 atom stereocenters. The molecule has 1 N–H and O–H groups in total. The molecular weight excluding hydrogens is 228 g/mol. The van der Waals surface area contributed by atoms with Crippen molar-refractivity contribution in [3.63, 3.8) is 0 Å². The van der Waals surface area contributed by atoms with E-state index in [2.05, 4.69) is 41.6 Å². The first-order valence-corrected chi connectivity index (χ1v) is 6.78. The fourth-order valence-electron chi connectivity index (χ4n) is 2.77. The van der Waals surface area contributed by atoms with E-state index in [1.807, 2.05) is 0 Å². The zero-order valence-corrected chi connectivity index (χ0v) is 11.2. The summed E-state index contributed by atoms with van der Waals surface area (Å²) >= 11 is 5.47. The lowest BCUT2D eigenvalue weighted by atomic mass is 9.80. The van der Waals surface area contributed by atoms with Crippen LogP contribution in [0, 0.1) is 17.6 Å². The van der Waals surface area contributed by atoms with E-state index in [0.29, 0.717) is 6.04 Å². The van der Waals surface area contributed by atoms with Gasteiger partial charge in [-0.2, -0.15) is 0 Å². The normalized spacial score (nSPS) is 18.2. The molecule has 0 aliphatic heterocycles. The van der Waals surface area contributed by atoms with E-state index in [1.54, 1.807) is 0 Å². The number of aromatic amines is 1. The summed E-state index contributed by atoms with van der Waals surface area (Å²) < 4.78 is 3.17.